The molecule has 1 amide bonds. The number of aromatic nitrogens is 2. The molecule has 0 unspecified atom stereocenters. The largest absolute Gasteiger partial charge is 0.353 e. The molecule has 2 aliphatic rings. The van der Waals surface area contributed by atoms with Gasteiger partial charge in [0.2, 0.25) is 5.91 Å². The van der Waals surface area contributed by atoms with Gasteiger partial charge in [-0.15, -0.1) is 22.7 Å². The van der Waals surface area contributed by atoms with Crippen LogP contribution in [-0.2, 0) is 4.79 Å². The van der Waals surface area contributed by atoms with E-state index in [4.69, 9.17) is 4.98 Å². The SMILES string of the molecule is C[C@H](NC(=O)CSc1nc2scc(-c3cccs3)c2c(=O)n1-c1ccccc1)[C@H]1C[C@H]2CC[C@H]1C2. The van der Waals surface area contributed by atoms with Gasteiger partial charge in [0.1, 0.15) is 4.83 Å². The lowest BCUT2D eigenvalue weighted by Gasteiger charge is -2.28. The number of nitrogens with zero attached hydrogens (tertiary/aromatic N) is 2. The molecule has 1 aromatic carbocycles. The summed E-state index contributed by atoms with van der Waals surface area (Å²) in [4.78, 5) is 33.4. The van der Waals surface area contributed by atoms with Crippen LogP contribution in [0.25, 0.3) is 26.3 Å². The second kappa shape index (κ2) is 9.56. The Morgan fingerprint density at radius 1 is 1.17 bits per heavy atom. The Balaban J connectivity index is 1.28. The number of hydrogen-bond acceptors (Lipinski definition) is 6. The molecule has 4 aromatic rings. The summed E-state index contributed by atoms with van der Waals surface area (Å²) in [6, 6.07) is 13.8. The van der Waals surface area contributed by atoms with Crippen LogP contribution in [0.4, 0.5) is 0 Å². The summed E-state index contributed by atoms with van der Waals surface area (Å²) < 4.78 is 1.66. The van der Waals surface area contributed by atoms with E-state index >= 15 is 0 Å². The van der Waals surface area contributed by atoms with Crippen LogP contribution in [-0.4, -0.2) is 27.3 Å². The number of carbonyl (C=O) groups excluding carboxylic acids is 1. The van der Waals surface area contributed by atoms with Crippen LogP contribution in [0.1, 0.15) is 32.6 Å². The summed E-state index contributed by atoms with van der Waals surface area (Å²) >= 11 is 4.43. The summed E-state index contributed by atoms with van der Waals surface area (Å²) in [6.45, 7) is 2.15. The van der Waals surface area contributed by atoms with Crippen LogP contribution in [0, 0.1) is 17.8 Å². The molecule has 35 heavy (non-hydrogen) atoms. The summed E-state index contributed by atoms with van der Waals surface area (Å²) in [6.07, 6.45) is 5.25. The Hall–Kier alpha value is -2.42. The van der Waals surface area contributed by atoms with Crippen LogP contribution >= 0.6 is 34.4 Å². The number of para-hydroxylation sites is 1. The van der Waals surface area contributed by atoms with Gasteiger partial charge in [-0.05, 0) is 67.5 Å². The number of nitrogens with one attached hydrogen (secondary N) is 1. The van der Waals surface area contributed by atoms with Crippen molar-refractivity contribution in [3.05, 3.63) is 63.6 Å². The van der Waals surface area contributed by atoms with Crippen LogP contribution in [0.5, 0.6) is 0 Å². The zero-order chi connectivity index (χ0) is 23.9. The smallest absolute Gasteiger partial charge is 0.268 e. The fourth-order valence-electron chi connectivity index (χ4n) is 5.93. The lowest BCUT2D eigenvalue weighted by molar-refractivity contribution is -0.119. The number of rotatable bonds is 7. The van der Waals surface area contributed by atoms with Gasteiger partial charge in [-0.25, -0.2) is 4.98 Å². The Bertz CT molecular complexity index is 1410. The first-order chi connectivity index (χ1) is 17.1. The predicted octanol–water partition coefficient (Wildman–Crippen LogP) is 6.21. The molecule has 2 bridgehead atoms. The highest BCUT2D eigenvalue weighted by Crippen LogP contribution is 2.49. The maximum absolute atomic E-state index is 13.8. The fraction of sp³-hybridized carbons (Fsp3) is 0.370. The van der Waals surface area contributed by atoms with E-state index in [-0.39, 0.29) is 23.3 Å². The molecule has 0 aliphatic heterocycles. The van der Waals surface area contributed by atoms with E-state index in [1.807, 2.05) is 53.2 Å². The highest BCUT2D eigenvalue weighted by atomic mass is 32.2. The molecule has 6 rings (SSSR count). The van der Waals surface area contributed by atoms with Crippen molar-refractivity contribution in [1.82, 2.24) is 14.9 Å². The summed E-state index contributed by atoms with van der Waals surface area (Å²) in [7, 11) is 0. The maximum atomic E-state index is 13.8. The second-order valence-corrected chi connectivity index (χ2v) is 12.4. The lowest BCUT2D eigenvalue weighted by Crippen LogP contribution is -2.41. The quantitative estimate of drug-likeness (QED) is 0.232. The number of thioether (sulfide) groups is 1. The summed E-state index contributed by atoms with van der Waals surface area (Å²) in [5.74, 6) is 2.47. The van der Waals surface area contributed by atoms with Crippen molar-refractivity contribution in [1.29, 1.82) is 0 Å². The third-order valence-electron chi connectivity index (χ3n) is 7.53. The molecule has 5 nitrogen and oxygen atoms in total. The molecular weight excluding hydrogens is 495 g/mol. The molecular formula is C27H27N3O2S3. The molecule has 0 saturated heterocycles. The molecule has 0 radical (unpaired) electrons. The standard InChI is InChI=1S/C27H27N3O2S3/c1-16(20-13-17-9-10-18(20)12-17)28-23(31)15-35-27-29-25-24(21(14-34-25)22-8-5-11-33-22)26(32)30(27)19-6-3-2-4-7-19/h2-8,11,14,16-18,20H,9-10,12-13,15H2,1H3,(H,28,31)/t16-,17-,18-,20+/m0/s1. The van der Waals surface area contributed by atoms with Gasteiger partial charge in [0.25, 0.3) is 5.56 Å². The van der Waals surface area contributed by atoms with Crippen molar-refractivity contribution in [3.8, 4) is 16.1 Å². The Labute approximate surface area is 216 Å². The van der Waals surface area contributed by atoms with Gasteiger partial charge in [-0.2, -0.15) is 0 Å². The molecule has 1 N–H and O–H groups in total. The molecule has 3 heterocycles. The van der Waals surface area contributed by atoms with E-state index in [1.54, 1.807) is 15.9 Å². The van der Waals surface area contributed by atoms with Gasteiger partial charge in [-0.1, -0.05) is 42.4 Å². The van der Waals surface area contributed by atoms with Crippen LogP contribution in [0.2, 0.25) is 0 Å². The van der Waals surface area contributed by atoms with Crippen molar-refractivity contribution in [2.24, 2.45) is 17.8 Å². The van der Waals surface area contributed by atoms with E-state index in [0.717, 1.165) is 28.0 Å². The van der Waals surface area contributed by atoms with Gasteiger partial charge >= 0.3 is 0 Å². The van der Waals surface area contributed by atoms with Gasteiger partial charge in [0.05, 0.1) is 16.8 Å². The molecule has 2 aliphatic carbocycles. The van der Waals surface area contributed by atoms with Crippen molar-refractivity contribution < 1.29 is 4.79 Å². The third-order valence-corrected chi connectivity index (χ3v) is 10.2. The van der Waals surface area contributed by atoms with Gasteiger partial charge in [-0.3, -0.25) is 14.2 Å². The number of thiophene rings is 2. The Morgan fingerprint density at radius 3 is 2.74 bits per heavy atom. The van der Waals surface area contributed by atoms with Gasteiger partial charge in [0, 0.05) is 21.9 Å². The first-order valence-electron chi connectivity index (χ1n) is 12.1. The van der Waals surface area contributed by atoms with E-state index < -0.39 is 0 Å². The lowest BCUT2D eigenvalue weighted by atomic mass is 9.84. The zero-order valence-electron chi connectivity index (χ0n) is 19.5. The highest BCUT2D eigenvalue weighted by Gasteiger charge is 2.42. The van der Waals surface area contributed by atoms with Crippen LogP contribution in [0.3, 0.4) is 0 Å². The second-order valence-electron chi connectivity index (χ2n) is 9.66. The van der Waals surface area contributed by atoms with Crippen molar-refractivity contribution in [2.75, 3.05) is 5.75 Å². The topological polar surface area (TPSA) is 64.0 Å². The monoisotopic (exact) mass is 521 g/mol. The first-order valence-corrected chi connectivity index (χ1v) is 14.9. The number of carbonyl (C=O) groups is 1. The fourth-order valence-corrected chi connectivity index (χ4v) is 8.55. The zero-order valence-corrected chi connectivity index (χ0v) is 21.9. The van der Waals surface area contributed by atoms with Gasteiger partial charge in [0.15, 0.2) is 5.16 Å². The highest BCUT2D eigenvalue weighted by molar-refractivity contribution is 7.99. The normalized spacial score (nSPS) is 22.0. The minimum absolute atomic E-state index is 0.00434. The first kappa shape index (κ1) is 23.0. The van der Waals surface area contributed by atoms with Crippen LogP contribution in [0.15, 0.2) is 63.2 Å². The molecule has 4 atom stereocenters. The van der Waals surface area contributed by atoms with Crippen molar-refractivity contribution in [3.63, 3.8) is 0 Å². The van der Waals surface area contributed by atoms with Crippen molar-refractivity contribution >= 4 is 50.6 Å². The van der Waals surface area contributed by atoms with E-state index in [1.165, 1.54) is 48.8 Å². The van der Waals surface area contributed by atoms with Gasteiger partial charge < -0.3 is 5.32 Å². The molecule has 2 saturated carbocycles. The number of hydrogen-bond donors (Lipinski definition) is 1. The minimum atomic E-state index is -0.0934. The number of amides is 1. The molecule has 0 spiro atoms. The molecule has 2 fully saturated rings. The van der Waals surface area contributed by atoms with Crippen molar-refractivity contribution in [2.45, 2.75) is 43.8 Å². The maximum Gasteiger partial charge on any atom is 0.268 e. The predicted molar refractivity (Wildman–Crippen MR) is 146 cm³/mol. The number of benzene rings is 1. The van der Waals surface area contributed by atoms with E-state index in [9.17, 15) is 9.59 Å². The minimum Gasteiger partial charge on any atom is -0.353 e. The summed E-state index contributed by atoms with van der Waals surface area (Å²) in [5.41, 5.74) is 1.59. The third kappa shape index (κ3) is 4.36. The average molecular weight is 522 g/mol. The van der Waals surface area contributed by atoms with E-state index in [0.29, 0.717) is 21.3 Å². The average Bonchev–Trinajstić information content (AvgIpc) is 3.67. The van der Waals surface area contributed by atoms with E-state index in [2.05, 4.69) is 12.2 Å². The summed E-state index contributed by atoms with van der Waals surface area (Å²) in [5, 5.41) is 8.46. The number of fused-ring (bicyclic) bond motifs is 3. The molecule has 180 valence electrons. The Morgan fingerprint density at radius 2 is 2.03 bits per heavy atom. The Kier molecular flexibility index (Phi) is 6.28. The molecule has 3 aromatic heterocycles. The molecule has 8 heteroatoms. The van der Waals surface area contributed by atoms with Crippen LogP contribution < -0.4 is 10.9 Å².